The van der Waals surface area contributed by atoms with Gasteiger partial charge in [-0.15, -0.1) is 4.39 Å². The van der Waals surface area contributed by atoms with Gasteiger partial charge in [-0.25, -0.2) is 4.79 Å². The number of likely N-dealkylation sites (N-methyl/N-ethyl adjacent to an activating group) is 1. The molecule has 0 radical (unpaired) electrons. The van der Waals surface area contributed by atoms with Crippen molar-refractivity contribution in [2.24, 2.45) is 0 Å². The number of amides is 1. The number of ether oxygens (including phenoxy) is 1. The van der Waals surface area contributed by atoms with E-state index in [0.717, 1.165) is 0 Å². The van der Waals surface area contributed by atoms with E-state index < -0.39 is 12.2 Å². The van der Waals surface area contributed by atoms with Crippen molar-refractivity contribution in [1.82, 2.24) is 4.90 Å². The molecule has 1 atom stereocenters. The first-order chi connectivity index (χ1) is 4.74. The van der Waals surface area contributed by atoms with E-state index in [1.807, 2.05) is 0 Å². The van der Waals surface area contributed by atoms with E-state index in [1.165, 1.54) is 11.1 Å². The Labute approximate surface area is 57.8 Å². The third kappa shape index (κ3) is 1.18. The Morgan fingerprint density at radius 1 is 1.90 bits per heavy atom. The first-order valence-corrected chi connectivity index (χ1v) is 2.77. The normalized spacial score (nSPS) is 23.6. The minimum Gasteiger partial charge on any atom is -0.431 e. The van der Waals surface area contributed by atoms with Crippen LogP contribution < -0.4 is 0 Å². The highest BCUT2D eigenvalue weighted by Crippen LogP contribution is 2.06. The quantitative estimate of drug-likeness (QED) is 0.458. The maximum Gasteiger partial charge on any atom is 0.410 e. The predicted octanol–water partition coefficient (Wildman–Crippen LogP) is 0.367. The van der Waals surface area contributed by atoms with Crippen molar-refractivity contribution < 1.29 is 13.9 Å². The number of cyclic esters (lactones) is 1. The number of carbonyl (C=O) groups is 1. The molecule has 1 saturated heterocycles. The lowest BCUT2D eigenvalue weighted by atomic mass is 10.4. The molecule has 0 spiro atoms. The molecule has 1 amide bonds. The number of hydrogen-bond acceptors (Lipinski definition) is 2. The number of hydrogen-bond donors (Lipinski definition) is 0. The fourth-order valence-corrected chi connectivity index (χ4v) is 0.708. The lowest BCUT2D eigenvalue weighted by molar-refractivity contribution is 0.151. The molecule has 1 unspecified atom stereocenters. The number of rotatable bonds is 0. The molecule has 1 rings (SSSR count). The van der Waals surface area contributed by atoms with Crippen molar-refractivity contribution in [2.45, 2.75) is 6.10 Å². The highest BCUT2D eigenvalue weighted by molar-refractivity contribution is 5.70. The van der Waals surface area contributed by atoms with Crippen LogP contribution in [0.25, 0.3) is 0 Å². The average Bonchev–Trinajstić information content (AvgIpc) is 2.14. The largest absolute Gasteiger partial charge is 0.431 e. The molecule has 0 bridgehead atoms. The molecule has 0 aliphatic carbocycles. The Bertz CT molecular complexity index is 206. The molecule has 0 saturated carbocycles. The molecule has 54 valence electrons. The number of nitrogens with zero attached hydrogens (tertiary/aromatic N) is 1. The summed E-state index contributed by atoms with van der Waals surface area (Å²) in [5.74, 6) is 2.10. The first kappa shape index (κ1) is 6.87. The minimum absolute atomic E-state index is 0.343. The van der Waals surface area contributed by atoms with Crippen LogP contribution in [0.5, 0.6) is 0 Å². The van der Waals surface area contributed by atoms with Crippen molar-refractivity contribution in [3.8, 4) is 12.1 Å². The number of halogens is 1. The van der Waals surface area contributed by atoms with Crippen LogP contribution in [0.4, 0.5) is 9.18 Å². The summed E-state index contributed by atoms with van der Waals surface area (Å²) in [5, 5.41) is 0. The van der Waals surface area contributed by atoms with Gasteiger partial charge >= 0.3 is 6.09 Å². The van der Waals surface area contributed by atoms with Gasteiger partial charge in [0.05, 0.1) is 6.54 Å². The zero-order valence-electron chi connectivity index (χ0n) is 5.43. The molecule has 0 aromatic rings. The fourth-order valence-electron chi connectivity index (χ4n) is 0.708. The van der Waals surface area contributed by atoms with Crippen molar-refractivity contribution in [3.63, 3.8) is 0 Å². The van der Waals surface area contributed by atoms with Crippen molar-refractivity contribution in [3.05, 3.63) is 0 Å². The lowest BCUT2D eigenvalue weighted by Gasteiger charge is -1.98. The van der Waals surface area contributed by atoms with Gasteiger partial charge in [-0.05, 0) is 5.92 Å². The monoisotopic (exact) mass is 143 g/mol. The van der Waals surface area contributed by atoms with E-state index in [-0.39, 0.29) is 0 Å². The topological polar surface area (TPSA) is 29.5 Å². The van der Waals surface area contributed by atoms with Gasteiger partial charge in [0.25, 0.3) is 0 Å². The van der Waals surface area contributed by atoms with Crippen LogP contribution in [0.2, 0.25) is 0 Å². The Kier molecular flexibility index (Phi) is 1.76. The summed E-state index contributed by atoms with van der Waals surface area (Å²) in [6.45, 7) is 0.343. The highest BCUT2D eigenvalue weighted by Gasteiger charge is 2.26. The molecule has 3 nitrogen and oxygen atoms in total. The third-order valence-electron chi connectivity index (χ3n) is 1.21. The van der Waals surface area contributed by atoms with Gasteiger partial charge in [-0.3, -0.25) is 0 Å². The van der Waals surface area contributed by atoms with Gasteiger partial charge in [-0.1, -0.05) is 0 Å². The summed E-state index contributed by atoms with van der Waals surface area (Å²) >= 11 is 0. The summed E-state index contributed by atoms with van der Waals surface area (Å²) in [5.41, 5.74) is 0. The van der Waals surface area contributed by atoms with Gasteiger partial charge in [0.15, 0.2) is 6.10 Å². The molecule has 1 heterocycles. The predicted molar refractivity (Wildman–Crippen MR) is 31.8 cm³/mol. The Balaban J connectivity index is 2.54. The summed E-state index contributed by atoms with van der Waals surface area (Å²) < 4.78 is 15.9. The van der Waals surface area contributed by atoms with Crippen LogP contribution in [-0.2, 0) is 4.74 Å². The molecular weight excluding hydrogens is 137 g/mol. The Morgan fingerprint density at radius 2 is 2.60 bits per heavy atom. The average molecular weight is 143 g/mol. The molecule has 0 N–H and O–H groups in total. The molecule has 1 fully saturated rings. The van der Waals surface area contributed by atoms with E-state index in [4.69, 9.17) is 0 Å². The van der Waals surface area contributed by atoms with E-state index >= 15 is 0 Å². The maximum absolute atomic E-state index is 11.3. The van der Waals surface area contributed by atoms with Gasteiger partial charge in [-0.2, -0.15) is 0 Å². The van der Waals surface area contributed by atoms with Crippen LogP contribution >= 0.6 is 0 Å². The SMILES string of the molecule is CN1CC(C#CF)OC1=O. The summed E-state index contributed by atoms with van der Waals surface area (Å²) in [6.07, 6.45) is 0.151. The van der Waals surface area contributed by atoms with Crippen molar-refractivity contribution >= 4 is 6.09 Å². The van der Waals surface area contributed by atoms with Crippen molar-refractivity contribution in [1.29, 1.82) is 0 Å². The van der Waals surface area contributed by atoms with Gasteiger partial charge < -0.3 is 9.64 Å². The summed E-state index contributed by atoms with van der Waals surface area (Å²) in [4.78, 5) is 11.9. The molecule has 1 aliphatic heterocycles. The van der Waals surface area contributed by atoms with Gasteiger partial charge in [0, 0.05) is 7.05 Å². The Morgan fingerprint density at radius 3 is 3.00 bits per heavy atom. The molecule has 0 aromatic heterocycles. The second-order valence-corrected chi connectivity index (χ2v) is 1.99. The smallest absolute Gasteiger partial charge is 0.410 e. The van der Waals surface area contributed by atoms with E-state index in [1.54, 1.807) is 7.05 Å². The van der Waals surface area contributed by atoms with Crippen molar-refractivity contribution in [2.75, 3.05) is 13.6 Å². The zero-order valence-corrected chi connectivity index (χ0v) is 5.43. The third-order valence-corrected chi connectivity index (χ3v) is 1.21. The van der Waals surface area contributed by atoms with E-state index in [2.05, 4.69) is 10.7 Å². The lowest BCUT2D eigenvalue weighted by Crippen LogP contribution is -2.18. The second kappa shape index (κ2) is 2.56. The van der Waals surface area contributed by atoms with E-state index in [0.29, 0.717) is 6.54 Å². The molecule has 10 heavy (non-hydrogen) atoms. The summed E-state index contributed by atoms with van der Waals surface area (Å²) in [7, 11) is 1.57. The van der Waals surface area contributed by atoms with E-state index in [9.17, 15) is 9.18 Å². The van der Waals surface area contributed by atoms with Crippen LogP contribution in [0.1, 0.15) is 0 Å². The maximum atomic E-state index is 11.3. The Hall–Kier alpha value is -1.24. The minimum atomic E-state index is -0.595. The standard InChI is InChI=1S/C6H6FNO2/c1-8-4-5(2-3-7)10-6(8)9/h5H,4H2,1H3. The van der Waals surface area contributed by atoms with Crippen LogP contribution in [0, 0.1) is 12.1 Å². The molecule has 0 aromatic carbocycles. The van der Waals surface area contributed by atoms with Crippen LogP contribution in [-0.4, -0.2) is 30.7 Å². The number of carbonyl (C=O) groups excluding carboxylic acids is 1. The zero-order chi connectivity index (χ0) is 7.56. The van der Waals surface area contributed by atoms with Crippen LogP contribution in [0.15, 0.2) is 0 Å². The molecule has 4 heteroatoms. The first-order valence-electron chi connectivity index (χ1n) is 2.77. The second-order valence-electron chi connectivity index (χ2n) is 1.99. The highest BCUT2D eigenvalue weighted by atomic mass is 19.1. The van der Waals surface area contributed by atoms with Gasteiger partial charge in [0.2, 0.25) is 0 Å². The molecule has 1 aliphatic rings. The molecular formula is C6H6FNO2. The summed E-state index contributed by atoms with van der Waals surface area (Å²) in [6, 6.07) is 0. The fraction of sp³-hybridized carbons (Fsp3) is 0.500. The van der Waals surface area contributed by atoms with Crippen LogP contribution in [0.3, 0.4) is 0 Å². The van der Waals surface area contributed by atoms with Gasteiger partial charge in [0.1, 0.15) is 6.17 Å².